The summed E-state index contributed by atoms with van der Waals surface area (Å²) in [6.07, 6.45) is -0.694. The minimum absolute atomic E-state index is 0.208. The van der Waals surface area contributed by atoms with Crippen molar-refractivity contribution < 1.29 is 19.1 Å². The molecule has 7 nitrogen and oxygen atoms in total. The number of amides is 3. The number of carbonyl (C=O) groups is 3. The molecule has 0 aliphatic carbocycles. The molecule has 0 saturated carbocycles. The third kappa shape index (κ3) is 3.77. The molecular weight excluding hydrogens is 402 g/mol. The van der Waals surface area contributed by atoms with Gasteiger partial charge in [0, 0.05) is 4.88 Å². The fraction of sp³-hybridized carbons (Fsp3) is 0.136. The van der Waals surface area contributed by atoms with E-state index in [0.29, 0.717) is 16.4 Å². The van der Waals surface area contributed by atoms with E-state index in [-0.39, 0.29) is 18.0 Å². The number of fused-ring (bicyclic) bond motifs is 1. The number of primary amides is 1. The van der Waals surface area contributed by atoms with E-state index < -0.39 is 17.9 Å². The lowest BCUT2D eigenvalue weighted by atomic mass is 10.1. The van der Waals surface area contributed by atoms with E-state index in [0.717, 1.165) is 10.4 Å². The average Bonchev–Trinajstić information content (AvgIpc) is 3.16. The lowest BCUT2D eigenvalue weighted by Crippen LogP contribution is -2.47. The molecule has 3 amide bonds. The Morgan fingerprint density at radius 2 is 1.83 bits per heavy atom. The number of ether oxygens (including phenoxy) is 1. The number of benzene rings is 2. The van der Waals surface area contributed by atoms with Crippen LogP contribution in [0.3, 0.4) is 0 Å². The summed E-state index contributed by atoms with van der Waals surface area (Å²) < 4.78 is 5.60. The van der Waals surface area contributed by atoms with Crippen LogP contribution in [-0.4, -0.2) is 30.4 Å². The van der Waals surface area contributed by atoms with E-state index in [1.165, 1.54) is 16.2 Å². The summed E-state index contributed by atoms with van der Waals surface area (Å²) in [6, 6.07) is 18.2. The molecule has 1 aromatic heterocycles. The third-order valence-corrected chi connectivity index (χ3v) is 5.78. The second-order valence-electron chi connectivity index (χ2n) is 6.78. The van der Waals surface area contributed by atoms with Crippen LogP contribution in [0.15, 0.2) is 60.7 Å². The summed E-state index contributed by atoms with van der Waals surface area (Å²) in [6.45, 7) is 1.43. The molecule has 0 fully saturated rings. The zero-order valence-corrected chi connectivity index (χ0v) is 16.9. The zero-order chi connectivity index (χ0) is 21.3. The second-order valence-corrected chi connectivity index (χ2v) is 7.84. The van der Waals surface area contributed by atoms with Crippen LogP contribution < -0.4 is 20.7 Å². The van der Waals surface area contributed by atoms with Crippen LogP contribution in [-0.2, 0) is 9.59 Å². The number of hydrogen-bond acceptors (Lipinski definition) is 5. The van der Waals surface area contributed by atoms with Crippen molar-refractivity contribution in [2.45, 2.75) is 13.0 Å². The Balaban J connectivity index is 1.58. The van der Waals surface area contributed by atoms with Gasteiger partial charge in [-0.05, 0) is 30.7 Å². The molecule has 8 heteroatoms. The van der Waals surface area contributed by atoms with Crippen LogP contribution >= 0.6 is 11.3 Å². The molecule has 3 N–H and O–H groups in total. The Morgan fingerprint density at radius 3 is 2.57 bits per heavy atom. The standard InChI is InChI=1S/C22H19N3O4S/c1-13-22(28)25(16-9-5-6-10-17(16)29-13)12-19(26)24-21-15(20(23)27)11-18(30-21)14-7-3-2-4-8-14/h2-11,13H,12H2,1H3,(H2,23,27)(H,24,26). The third-order valence-electron chi connectivity index (χ3n) is 4.68. The highest BCUT2D eigenvalue weighted by Crippen LogP contribution is 2.36. The minimum atomic E-state index is -0.694. The highest BCUT2D eigenvalue weighted by atomic mass is 32.1. The van der Waals surface area contributed by atoms with E-state index in [1.807, 2.05) is 30.3 Å². The number of thiophene rings is 1. The maximum Gasteiger partial charge on any atom is 0.268 e. The number of hydrogen-bond donors (Lipinski definition) is 2. The minimum Gasteiger partial charge on any atom is -0.479 e. The summed E-state index contributed by atoms with van der Waals surface area (Å²) >= 11 is 1.26. The lowest BCUT2D eigenvalue weighted by molar-refractivity contribution is -0.127. The highest BCUT2D eigenvalue weighted by Gasteiger charge is 2.32. The van der Waals surface area contributed by atoms with Gasteiger partial charge in [0.1, 0.15) is 17.3 Å². The number of nitrogens with one attached hydrogen (secondary N) is 1. The van der Waals surface area contributed by atoms with Gasteiger partial charge in [0.25, 0.3) is 11.8 Å². The fourth-order valence-corrected chi connectivity index (χ4v) is 4.33. The van der Waals surface area contributed by atoms with Crippen molar-refractivity contribution in [2.24, 2.45) is 5.73 Å². The first kappa shape index (κ1) is 19.7. The van der Waals surface area contributed by atoms with Crippen molar-refractivity contribution >= 4 is 39.7 Å². The molecule has 3 aromatic rings. The van der Waals surface area contributed by atoms with Crippen LogP contribution in [0, 0.1) is 0 Å². The van der Waals surface area contributed by atoms with Crippen molar-refractivity contribution in [1.29, 1.82) is 0 Å². The van der Waals surface area contributed by atoms with E-state index in [2.05, 4.69) is 5.32 Å². The van der Waals surface area contributed by atoms with Gasteiger partial charge in [-0.25, -0.2) is 0 Å². The Morgan fingerprint density at radius 1 is 1.13 bits per heavy atom. The van der Waals surface area contributed by atoms with Gasteiger partial charge in [0.05, 0.1) is 11.3 Å². The quantitative estimate of drug-likeness (QED) is 0.660. The highest BCUT2D eigenvalue weighted by molar-refractivity contribution is 7.20. The van der Waals surface area contributed by atoms with Gasteiger partial charge < -0.3 is 15.8 Å². The number of nitrogens with two attached hydrogens (primary N) is 1. The normalized spacial score (nSPS) is 15.3. The van der Waals surface area contributed by atoms with Gasteiger partial charge in [-0.1, -0.05) is 42.5 Å². The molecule has 0 spiro atoms. The summed E-state index contributed by atoms with van der Waals surface area (Å²) in [7, 11) is 0. The van der Waals surface area contributed by atoms with Gasteiger partial charge >= 0.3 is 0 Å². The predicted molar refractivity (Wildman–Crippen MR) is 116 cm³/mol. The first-order valence-corrected chi connectivity index (χ1v) is 10.1. The number of rotatable bonds is 5. The SMILES string of the molecule is CC1Oc2ccccc2N(CC(=O)Nc2sc(-c3ccccc3)cc2C(N)=O)C1=O. The summed E-state index contributed by atoms with van der Waals surface area (Å²) in [5.74, 6) is -0.839. The van der Waals surface area contributed by atoms with E-state index in [4.69, 9.17) is 10.5 Å². The molecule has 0 bridgehead atoms. The van der Waals surface area contributed by atoms with Crippen LogP contribution in [0.4, 0.5) is 10.7 Å². The molecule has 0 saturated heterocycles. The summed E-state index contributed by atoms with van der Waals surface area (Å²) in [5, 5.41) is 3.09. The molecule has 2 aromatic carbocycles. The molecule has 4 rings (SSSR count). The first-order chi connectivity index (χ1) is 14.4. The Hall–Kier alpha value is -3.65. The monoisotopic (exact) mass is 421 g/mol. The van der Waals surface area contributed by atoms with Crippen LogP contribution in [0.25, 0.3) is 10.4 Å². The second kappa shape index (κ2) is 8.00. The number of anilines is 2. The van der Waals surface area contributed by atoms with Crippen molar-refractivity contribution in [3.8, 4) is 16.2 Å². The van der Waals surface area contributed by atoms with E-state index in [9.17, 15) is 14.4 Å². The van der Waals surface area contributed by atoms with Crippen molar-refractivity contribution in [1.82, 2.24) is 0 Å². The van der Waals surface area contributed by atoms with Crippen molar-refractivity contribution in [3.63, 3.8) is 0 Å². The molecular formula is C22H19N3O4S. The molecule has 1 atom stereocenters. The van der Waals surface area contributed by atoms with Crippen molar-refractivity contribution in [3.05, 3.63) is 66.2 Å². The smallest absolute Gasteiger partial charge is 0.268 e. The van der Waals surface area contributed by atoms with Gasteiger partial charge in [0.2, 0.25) is 5.91 Å². The van der Waals surface area contributed by atoms with Crippen LogP contribution in [0.5, 0.6) is 5.75 Å². The number of para-hydroxylation sites is 2. The Labute approximate surface area is 177 Å². The van der Waals surface area contributed by atoms with Crippen molar-refractivity contribution in [2.75, 3.05) is 16.8 Å². The molecule has 1 aliphatic heterocycles. The van der Waals surface area contributed by atoms with Gasteiger partial charge in [-0.2, -0.15) is 0 Å². The largest absolute Gasteiger partial charge is 0.479 e. The molecule has 2 heterocycles. The summed E-state index contributed by atoms with van der Waals surface area (Å²) in [4.78, 5) is 39.4. The topological polar surface area (TPSA) is 102 Å². The maximum atomic E-state index is 12.8. The van der Waals surface area contributed by atoms with Crippen LogP contribution in [0.1, 0.15) is 17.3 Å². The number of nitrogens with zero attached hydrogens (tertiary/aromatic N) is 1. The van der Waals surface area contributed by atoms with Crippen LogP contribution in [0.2, 0.25) is 0 Å². The van der Waals surface area contributed by atoms with Gasteiger partial charge in [-0.3, -0.25) is 19.3 Å². The molecule has 1 aliphatic rings. The lowest BCUT2D eigenvalue weighted by Gasteiger charge is -2.32. The molecule has 1 unspecified atom stereocenters. The molecule has 30 heavy (non-hydrogen) atoms. The number of carbonyl (C=O) groups excluding carboxylic acids is 3. The average molecular weight is 421 g/mol. The predicted octanol–water partition coefficient (Wildman–Crippen LogP) is 3.27. The Bertz CT molecular complexity index is 1130. The summed E-state index contributed by atoms with van der Waals surface area (Å²) in [5.41, 5.74) is 7.18. The fourth-order valence-electron chi connectivity index (χ4n) is 3.24. The maximum absolute atomic E-state index is 12.8. The van der Waals surface area contributed by atoms with E-state index >= 15 is 0 Å². The molecule has 152 valence electrons. The van der Waals surface area contributed by atoms with Gasteiger partial charge in [0.15, 0.2) is 6.10 Å². The van der Waals surface area contributed by atoms with Gasteiger partial charge in [-0.15, -0.1) is 11.3 Å². The Kier molecular flexibility index (Phi) is 5.24. The molecule has 0 radical (unpaired) electrons. The first-order valence-electron chi connectivity index (χ1n) is 9.30. The van der Waals surface area contributed by atoms with E-state index in [1.54, 1.807) is 37.3 Å². The zero-order valence-electron chi connectivity index (χ0n) is 16.1.